The topological polar surface area (TPSA) is 107 Å². The summed E-state index contributed by atoms with van der Waals surface area (Å²) in [5.41, 5.74) is 4.80. The molecule has 0 bridgehead atoms. The number of carboxylic acid groups (broad SMARTS) is 1. The van der Waals surface area contributed by atoms with E-state index in [9.17, 15) is 20.0 Å². The Bertz CT molecular complexity index is 1790. The number of benzene rings is 3. The van der Waals surface area contributed by atoms with E-state index in [0.29, 0.717) is 29.3 Å². The lowest BCUT2D eigenvalue weighted by Gasteiger charge is -2.13. The summed E-state index contributed by atoms with van der Waals surface area (Å²) in [7, 11) is 1.51. The Labute approximate surface area is 228 Å². The maximum absolute atomic E-state index is 11.6. The Kier molecular flexibility index (Phi) is 7.04. The number of methoxy groups -OCH3 is 1. The highest BCUT2D eigenvalue weighted by Crippen LogP contribution is 2.33. The number of fused-ring (bicyclic) bond motifs is 2. The molecule has 0 saturated carbocycles. The van der Waals surface area contributed by atoms with Crippen LogP contribution in [-0.2, 0) is 13.0 Å². The summed E-state index contributed by atoms with van der Waals surface area (Å²) in [5, 5.41) is 23.4. The summed E-state index contributed by atoms with van der Waals surface area (Å²) in [6.45, 7) is 2.22. The Morgan fingerprint density at radius 1 is 1.13 bits per heavy atom. The highest BCUT2D eigenvalue weighted by Gasteiger charge is 2.18. The maximum atomic E-state index is 11.6. The second-order valence-corrected chi connectivity index (χ2v) is 9.59. The number of non-ortho nitro benzene ring substituents is 1. The number of pyridine rings is 1. The number of nitro groups is 1. The van der Waals surface area contributed by atoms with E-state index >= 15 is 0 Å². The van der Waals surface area contributed by atoms with Gasteiger partial charge in [0, 0.05) is 58.2 Å². The van der Waals surface area contributed by atoms with Crippen LogP contribution < -0.4 is 4.74 Å². The van der Waals surface area contributed by atoms with Crippen LogP contribution in [-0.4, -0.2) is 32.7 Å². The van der Waals surface area contributed by atoms with E-state index in [1.54, 1.807) is 31.2 Å². The molecule has 9 heteroatoms. The van der Waals surface area contributed by atoms with Crippen molar-refractivity contribution in [3.8, 4) is 5.75 Å². The largest absolute Gasteiger partial charge is 0.496 e. The molecule has 0 aliphatic carbocycles. The third kappa shape index (κ3) is 5.19. The Balaban J connectivity index is 1.50. The monoisotopic (exact) mass is 541 g/mol. The van der Waals surface area contributed by atoms with Crippen molar-refractivity contribution in [2.45, 2.75) is 19.9 Å². The van der Waals surface area contributed by atoms with E-state index in [1.807, 2.05) is 53.2 Å². The molecule has 2 aromatic heterocycles. The quantitative estimate of drug-likeness (QED) is 0.166. The van der Waals surface area contributed by atoms with Crippen LogP contribution in [0, 0.1) is 17.0 Å². The Hall–Kier alpha value is -4.69. The molecule has 0 unspecified atom stereocenters. The van der Waals surface area contributed by atoms with E-state index in [0.717, 1.165) is 38.6 Å². The van der Waals surface area contributed by atoms with Gasteiger partial charge in [-0.05, 0) is 54.5 Å². The standard InChI is InChI=1S/C30H24ClN3O5/c1-18-25(30(35)36)11-7-20(29(18)39-2)14-21-17-33(28-12-10-24(34(37)38)16-26(21)28)13-3-4-23-9-6-19-5-8-22(31)15-27(19)32-23/h3-12,15-17H,13-14H2,1-2H3,(H,35,36). The van der Waals surface area contributed by atoms with E-state index < -0.39 is 10.9 Å². The van der Waals surface area contributed by atoms with E-state index in [2.05, 4.69) is 4.98 Å². The molecule has 0 spiro atoms. The Morgan fingerprint density at radius 2 is 1.92 bits per heavy atom. The van der Waals surface area contributed by atoms with Gasteiger partial charge in [-0.2, -0.15) is 0 Å². The average molecular weight is 542 g/mol. The minimum atomic E-state index is -1.03. The van der Waals surface area contributed by atoms with Gasteiger partial charge in [0.25, 0.3) is 5.69 Å². The van der Waals surface area contributed by atoms with Gasteiger partial charge in [0.2, 0.25) is 0 Å². The molecular formula is C30H24ClN3O5. The van der Waals surface area contributed by atoms with E-state index in [1.165, 1.54) is 13.2 Å². The molecule has 5 aromatic rings. The zero-order valence-corrected chi connectivity index (χ0v) is 22.0. The first-order chi connectivity index (χ1) is 18.7. The van der Waals surface area contributed by atoms with Gasteiger partial charge in [-0.1, -0.05) is 35.9 Å². The van der Waals surface area contributed by atoms with Gasteiger partial charge in [-0.25, -0.2) is 9.78 Å². The summed E-state index contributed by atoms with van der Waals surface area (Å²) >= 11 is 6.11. The molecule has 5 rings (SSSR count). The number of ether oxygens (including phenoxy) is 1. The lowest BCUT2D eigenvalue weighted by atomic mass is 9.98. The highest BCUT2D eigenvalue weighted by molar-refractivity contribution is 6.31. The molecule has 1 N–H and O–H groups in total. The fourth-order valence-corrected chi connectivity index (χ4v) is 5.02. The third-order valence-electron chi connectivity index (χ3n) is 6.73. The van der Waals surface area contributed by atoms with Crippen LogP contribution in [0.4, 0.5) is 5.69 Å². The van der Waals surface area contributed by atoms with Crippen molar-refractivity contribution in [3.05, 3.63) is 116 Å². The van der Waals surface area contributed by atoms with Gasteiger partial charge < -0.3 is 14.4 Å². The zero-order chi connectivity index (χ0) is 27.7. The summed E-state index contributed by atoms with van der Waals surface area (Å²) in [4.78, 5) is 27.3. The molecule has 0 atom stereocenters. The fraction of sp³-hybridized carbons (Fsp3) is 0.133. The van der Waals surface area contributed by atoms with Crippen molar-refractivity contribution in [1.82, 2.24) is 9.55 Å². The second kappa shape index (κ2) is 10.6. The zero-order valence-electron chi connectivity index (χ0n) is 21.2. The van der Waals surface area contributed by atoms with Crippen LogP contribution in [0.2, 0.25) is 5.02 Å². The molecule has 0 amide bonds. The minimum Gasteiger partial charge on any atom is -0.496 e. The molecule has 2 heterocycles. The summed E-state index contributed by atoms with van der Waals surface area (Å²) in [5.74, 6) is -0.538. The lowest BCUT2D eigenvalue weighted by Crippen LogP contribution is -2.04. The van der Waals surface area contributed by atoms with Crippen molar-refractivity contribution in [3.63, 3.8) is 0 Å². The smallest absolute Gasteiger partial charge is 0.336 e. The predicted octanol–water partition coefficient (Wildman–Crippen LogP) is 7.07. The van der Waals surface area contributed by atoms with Crippen LogP contribution in [0.25, 0.3) is 27.9 Å². The van der Waals surface area contributed by atoms with Crippen molar-refractivity contribution in [2.75, 3.05) is 7.11 Å². The lowest BCUT2D eigenvalue weighted by molar-refractivity contribution is -0.384. The van der Waals surface area contributed by atoms with Gasteiger partial charge in [0.15, 0.2) is 0 Å². The number of aromatic carboxylic acids is 1. The molecule has 196 valence electrons. The number of carboxylic acids is 1. The predicted molar refractivity (Wildman–Crippen MR) is 152 cm³/mol. The summed E-state index contributed by atoms with van der Waals surface area (Å²) in [6.07, 6.45) is 6.28. The number of hydrogen-bond acceptors (Lipinski definition) is 5. The molecular weight excluding hydrogens is 518 g/mol. The molecule has 39 heavy (non-hydrogen) atoms. The van der Waals surface area contributed by atoms with E-state index in [-0.39, 0.29) is 11.3 Å². The van der Waals surface area contributed by atoms with Crippen LogP contribution in [0.3, 0.4) is 0 Å². The van der Waals surface area contributed by atoms with Crippen molar-refractivity contribution >= 4 is 51.1 Å². The number of hydrogen-bond donors (Lipinski definition) is 1. The number of nitro benzene ring substituents is 1. The number of rotatable bonds is 8. The molecule has 0 aliphatic rings. The van der Waals surface area contributed by atoms with Crippen molar-refractivity contribution in [1.29, 1.82) is 0 Å². The molecule has 0 radical (unpaired) electrons. The van der Waals surface area contributed by atoms with Crippen molar-refractivity contribution < 1.29 is 19.6 Å². The number of nitrogens with zero attached hydrogens (tertiary/aromatic N) is 3. The minimum absolute atomic E-state index is 0.000405. The number of carbonyl (C=O) groups is 1. The Morgan fingerprint density at radius 3 is 2.67 bits per heavy atom. The number of allylic oxidation sites excluding steroid dienone is 1. The molecule has 0 saturated heterocycles. The maximum Gasteiger partial charge on any atom is 0.336 e. The summed E-state index contributed by atoms with van der Waals surface area (Å²) < 4.78 is 7.59. The van der Waals surface area contributed by atoms with Crippen LogP contribution in [0.1, 0.15) is 32.7 Å². The summed E-state index contributed by atoms with van der Waals surface area (Å²) in [6, 6.07) is 17.6. The van der Waals surface area contributed by atoms with Gasteiger partial charge in [0.1, 0.15) is 5.75 Å². The first kappa shape index (κ1) is 25.9. The normalized spacial score (nSPS) is 11.5. The third-order valence-corrected chi connectivity index (χ3v) is 6.96. The van der Waals surface area contributed by atoms with Crippen molar-refractivity contribution in [2.24, 2.45) is 0 Å². The van der Waals surface area contributed by atoms with Gasteiger partial charge in [0.05, 0.1) is 28.8 Å². The van der Waals surface area contributed by atoms with Crippen LogP contribution in [0.5, 0.6) is 5.75 Å². The van der Waals surface area contributed by atoms with Crippen LogP contribution in [0.15, 0.2) is 72.9 Å². The van der Waals surface area contributed by atoms with E-state index in [4.69, 9.17) is 16.3 Å². The molecule has 8 nitrogen and oxygen atoms in total. The van der Waals surface area contributed by atoms with Crippen LogP contribution >= 0.6 is 11.6 Å². The fourth-order valence-electron chi connectivity index (χ4n) is 4.86. The first-order valence-corrected chi connectivity index (χ1v) is 12.5. The number of aromatic nitrogens is 2. The highest BCUT2D eigenvalue weighted by atomic mass is 35.5. The molecule has 3 aromatic carbocycles. The molecule has 0 fully saturated rings. The SMILES string of the molecule is COc1c(Cc2cn(CC=Cc3ccc4ccc(Cl)cc4n3)c3ccc([N+](=O)[O-])cc23)ccc(C(=O)O)c1C. The van der Waals surface area contributed by atoms with Gasteiger partial charge in [-0.15, -0.1) is 0 Å². The number of halogens is 1. The second-order valence-electron chi connectivity index (χ2n) is 9.15. The van der Waals surface area contributed by atoms with Gasteiger partial charge >= 0.3 is 5.97 Å². The van der Waals surface area contributed by atoms with Gasteiger partial charge in [-0.3, -0.25) is 10.1 Å². The first-order valence-electron chi connectivity index (χ1n) is 12.1. The molecule has 0 aliphatic heterocycles. The average Bonchev–Trinajstić information content (AvgIpc) is 3.24.